The van der Waals surface area contributed by atoms with Crippen LogP contribution in [0.25, 0.3) is 0 Å². The number of ether oxygens (including phenoxy) is 1. The van der Waals surface area contributed by atoms with Crippen LogP contribution in [0.15, 0.2) is 4.99 Å². The number of aliphatic hydroxyl groups excluding tert-OH is 1. The first-order valence-corrected chi connectivity index (χ1v) is 9.20. The van der Waals surface area contributed by atoms with Crippen molar-refractivity contribution in [1.82, 2.24) is 15.5 Å². The first-order chi connectivity index (χ1) is 11.2. The van der Waals surface area contributed by atoms with E-state index < -0.39 is 0 Å². The number of hydrogen-bond donors (Lipinski definition) is 3. The molecule has 1 saturated heterocycles. The summed E-state index contributed by atoms with van der Waals surface area (Å²) in [5.74, 6) is 1.46. The van der Waals surface area contributed by atoms with E-state index in [2.05, 4.69) is 29.4 Å². The standard InChI is InChI=1S/C17H34N4O2/c1-3-18-17(20-15-4-6-16(22)7-5-15)19-12-14(2)13-21-8-10-23-11-9-21/h14-16,22H,3-13H2,1-2H3,(H2,18,19,20). The van der Waals surface area contributed by atoms with Gasteiger partial charge in [-0.25, -0.2) is 0 Å². The Bertz CT molecular complexity index is 351. The molecule has 1 aliphatic carbocycles. The Morgan fingerprint density at radius 1 is 1.26 bits per heavy atom. The van der Waals surface area contributed by atoms with Crippen molar-refractivity contribution in [2.24, 2.45) is 10.9 Å². The van der Waals surface area contributed by atoms with Crippen LogP contribution in [0.4, 0.5) is 0 Å². The molecule has 6 nitrogen and oxygen atoms in total. The van der Waals surface area contributed by atoms with E-state index in [0.29, 0.717) is 12.0 Å². The van der Waals surface area contributed by atoms with Gasteiger partial charge in [0.25, 0.3) is 0 Å². The SMILES string of the molecule is CCNC(=NCC(C)CN1CCOCC1)NC1CCC(O)CC1. The Hall–Kier alpha value is -0.850. The van der Waals surface area contributed by atoms with E-state index in [4.69, 9.17) is 9.73 Å². The smallest absolute Gasteiger partial charge is 0.191 e. The van der Waals surface area contributed by atoms with Crippen molar-refractivity contribution in [2.45, 2.75) is 51.7 Å². The van der Waals surface area contributed by atoms with Gasteiger partial charge >= 0.3 is 0 Å². The lowest BCUT2D eigenvalue weighted by Crippen LogP contribution is -2.45. The summed E-state index contributed by atoms with van der Waals surface area (Å²) in [6.07, 6.45) is 3.72. The van der Waals surface area contributed by atoms with Crippen LogP contribution in [0.1, 0.15) is 39.5 Å². The average molecular weight is 326 g/mol. The molecule has 0 aromatic carbocycles. The monoisotopic (exact) mass is 326 g/mol. The maximum atomic E-state index is 9.61. The molecule has 0 bridgehead atoms. The minimum atomic E-state index is -0.110. The maximum absolute atomic E-state index is 9.61. The summed E-state index contributed by atoms with van der Waals surface area (Å²) in [6.45, 7) is 10.9. The lowest BCUT2D eigenvalue weighted by atomic mass is 9.93. The van der Waals surface area contributed by atoms with E-state index in [1.54, 1.807) is 0 Å². The number of hydrogen-bond acceptors (Lipinski definition) is 4. The fourth-order valence-corrected chi connectivity index (χ4v) is 3.26. The summed E-state index contributed by atoms with van der Waals surface area (Å²) >= 11 is 0. The molecule has 0 amide bonds. The Labute approximate surface area is 140 Å². The molecule has 3 N–H and O–H groups in total. The summed E-state index contributed by atoms with van der Waals surface area (Å²) in [7, 11) is 0. The summed E-state index contributed by atoms with van der Waals surface area (Å²) in [6, 6.07) is 0.436. The van der Waals surface area contributed by atoms with Crippen LogP contribution in [0.2, 0.25) is 0 Å². The number of nitrogens with zero attached hydrogens (tertiary/aromatic N) is 2. The lowest BCUT2D eigenvalue weighted by Gasteiger charge is -2.29. The number of rotatable bonds is 6. The molecule has 1 atom stereocenters. The minimum Gasteiger partial charge on any atom is -0.393 e. The minimum absolute atomic E-state index is 0.110. The van der Waals surface area contributed by atoms with Gasteiger partial charge in [0.15, 0.2) is 5.96 Å². The second-order valence-electron chi connectivity index (χ2n) is 6.89. The number of aliphatic imine (C=N–C) groups is 1. The quantitative estimate of drug-likeness (QED) is 0.498. The van der Waals surface area contributed by atoms with Crippen LogP contribution in [-0.2, 0) is 4.74 Å². The molecule has 1 unspecified atom stereocenters. The van der Waals surface area contributed by atoms with Gasteiger partial charge in [-0.1, -0.05) is 6.92 Å². The van der Waals surface area contributed by atoms with E-state index in [0.717, 1.165) is 77.6 Å². The highest BCUT2D eigenvalue weighted by Gasteiger charge is 2.20. The topological polar surface area (TPSA) is 69.1 Å². The Kier molecular flexibility index (Phi) is 8.12. The molecular formula is C17H34N4O2. The third-order valence-corrected chi connectivity index (χ3v) is 4.62. The average Bonchev–Trinajstić information content (AvgIpc) is 2.56. The fourth-order valence-electron chi connectivity index (χ4n) is 3.26. The molecule has 1 saturated carbocycles. The van der Waals surface area contributed by atoms with E-state index in [1.165, 1.54) is 0 Å². The summed E-state index contributed by atoms with van der Waals surface area (Å²) < 4.78 is 5.40. The van der Waals surface area contributed by atoms with Gasteiger partial charge in [0.1, 0.15) is 0 Å². The second-order valence-corrected chi connectivity index (χ2v) is 6.89. The zero-order chi connectivity index (χ0) is 16.5. The van der Waals surface area contributed by atoms with Crippen LogP contribution in [-0.4, -0.2) is 74.0 Å². The Morgan fingerprint density at radius 3 is 2.61 bits per heavy atom. The number of aliphatic hydroxyl groups is 1. The molecule has 2 rings (SSSR count). The molecule has 6 heteroatoms. The van der Waals surface area contributed by atoms with Crippen molar-refractivity contribution in [3.05, 3.63) is 0 Å². The van der Waals surface area contributed by atoms with Gasteiger partial charge in [-0.05, 0) is 38.5 Å². The van der Waals surface area contributed by atoms with E-state index in [1.807, 2.05) is 0 Å². The van der Waals surface area contributed by atoms with Crippen LogP contribution < -0.4 is 10.6 Å². The van der Waals surface area contributed by atoms with Crippen molar-refractivity contribution in [3.63, 3.8) is 0 Å². The van der Waals surface area contributed by atoms with Gasteiger partial charge in [-0.2, -0.15) is 0 Å². The Morgan fingerprint density at radius 2 is 1.96 bits per heavy atom. The molecule has 0 aromatic rings. The van der Waals surface area contributed by atoms with Crippen molar-refractivity contribution >= 4 is 5.96 Å². The highest BCUT2D eigenvalue weighted by atomic mass is 16.5. The number of morpholine rings is 1. The zero-order valence-corrected chi connectivity index (χ0v) is 14.8. The van der Waals surface area contributed by atoms with Crippen LogP contribution in [0, 0.1) is 5.92 Å². The van der Waals surface area contributed by atoms with Crippen LogP contribution in [0.3, 0.4) is 0 Å². The summed E-state index contributed by atoms with van der Waals surface area (Å²) in [4.78, 5) is 7.23. The normalized spacial score (nSPS) is 28.4. The summed E-state index contributed by atoms with van der Waals surface area (Å²) in [5.41, 5.74) is 0. The van der Waals surface area contributed by atoms with Crippen molar-refractivity contribution < 1.29 is 9.84 Å². The van der Waals surface area contributed by atoms with Crippen molar-refractivity contribution in [1.29, 1.82) is 0 Å². The van der Waals surface area contributed by atoms with Crippen molar-refractivity contribution in [2.75, 3.05) is 45.9 Å². The van der Waals surface area contributed by atoms with Gasteiger partial charge in [-0.15, -0.1) is 0 Å². The molecule has 1 aliphatic heterocycles. The predicted molar refractivity (Wildman–Crippen MR) is 93.8 cm³/mol. The fraction of sp³-hybridized carbons (Fsp3) is 0.941. The molecule has 0 radical (unpaired) electrons. The third kappa shape index (κ3) is 7.06. The van der Waals surface area contributed by atoms with Gasteiger partial charge in [0, 0.05) is 38.8 Å². The van der Waals surface area contributed by atoms with Crippen LogP contribution in [0.5, 0.6) is 0 Å². The third-order valence-electron chi connectivity index (χ3n) is 4.62. The molecule has 23 heavy (non-hydrogen) atoms. The highest BCUT2D eigenvalue weighted by Crippen LogP contribution is 2.18. The summed E-state index contributed by atoms with van der Waals surface area (Å²) in [5, 5.41) is 16.5. The molecule has 1 heterocycles. The molecule has 2 aliphatic rings. The molecule has 0 spiro atoms. The van der Waals surface area contributed by atoms with Crippen LogP contribution >= 0.6 is 0 Å². The highest BCUT2D eigenvalue weighted by molar-refractivity contribution is 5.80. The van der Waals surface area contributed by atoms with E-state index >= 15 is 0 Å². The molecule has 134 valence electrons. The van der Waals surface area contributed by atoms with Gasteiger partial charge in [0.2, 0.25) is 0 Å². The van der Waals surface area contributed by atoms with E-state index in [-0.39, 0.29) is 6.10 Å². The molecule has 2 fully saturated rings. The van der Waals surface area contributed by atoms with Gasteiger partial charge in [-0.3, -0.25) is 9.89 Å². The number of nitrogens with one attached hydrogen (secondary N) is 2. The van der Waals surface area contributed by atoms with E-state index in [9.17, 15) is 5.11 Å². The number of guanidine groups is 1. The van der Waals surface area contributed by atoms with Gasteiger partial charge in [0.05, 0.1) is 19.3 Å². The second kappa shape index (κ2) is 10.1. The first kappa shape index (κ1) is 18.5. The largest absolute Gasteiger partial charge is 0.393 e. The Balaban J connectivity index is 1.75. The first-order valence-electron chi connectivity index (χ1n) is 9.20. The predicted octanol–water partition coefficient (Wildman–Crippen LogP) is 0.813. The zero-order valence-electron chi connectivity index (χ0n) is 14.8. The maximum Gasteiger partial charge on any atom is 0.191 e. The lowest BCUT2D eigenvalue weighted by molar-refractivity contribution is 0.0323. The van der Waals surface area contributed by atoms with Crippen molar-refractivity contribution in [3.8, 4) is 0 Å². The van der Waals surface area contributed by atoms with Gasteiger partial charge < -0.3 is 20.5 Å². The molecular weight excluding hydrogens is 292 g/mol. The molecule has 0 aromatic heterocycles.